The van der Waals surface area contributed by atoms with Gasteiger partial charge in [0.25, 0.3) is 0 Å². The Morgan fingerprint density at radius 1 is 1.48 bits per heavy atom. The lowest BCUT2D eigenvalue weighted by molar-refractivity contribution is 0.0593. The van der Waals surface area contributed by atoms with Gasteiger partial charge in [-0.3, -0.25) is 0 Å². The van der Waals surface area contributed by atoms with E-state index in [-0.39, 0.29) is 12.2 Å². The molecule has 0 bridgehead atoms. The average Bonchev–Trinajstić information content (AvgIpc) is 2.54. The number of halogens is 2. The van der Waals surface area contributed by atoms with E-state index in [0.717, 1.165) is 0 Å². The van der Waals surface area contributed by atoms with Crippen LogP contribution >= 0.6 is 23.2 Å². The first kappa shape index (κ1) is 19.1. The monoisotopic (exact) mass is 355 g/mol. The van der Waals surface area contributed by atoms with Crippen molar-refractivity contribution in [2.24, 2.45) is 5.73 Å². The van der Waals surface area contributed by atoms with E-state index in [2.05, 4.69) is 16.9 Å². The first-order chi connectivity index (χ1) is 10.8. The van der Waals surface area contributed by atoms with E-state index >= 15 is 0 Å². The third kappa shape index (κ3) is 4.74. The minimum Gasteiger partial charge on any atom is -0.464 e. The number of aromatic nitrogens is 1. The van der Waals surface area contributed by atoms with Gasteiger partial charge in [0.05, 0.1) is 35.1 Å². The quantitative estimate of drug-likeness (QED) is 0.600. The number of pyridine rings is 1. The van der Waals surface area contributed by atoms with Crippen LogP contribution in [0.5, 0.6) is 0 Å². The van der Waals surface area contributed by atoms with Gasteiger partial charge in [0, 0.05) is 11.3 Å². The fraction of sp³-hybridized carbons (Fsp3) is 0.250. The molecule has 1 rings (SSSR count). The summed E-state index contributed by atoms with van der Waals surface area (Å²) >= 11 is 12.3. The van der Waals surface area contributed by atoms with Crippen molar-refractivity contribution < 1.29 is 9.53 Å². The molecule has 3 N–H and O–H groups in total. The van der Waals surface area contributed by atoms with E-state index in [1.54, 1.807) is 32.1 Å². The fourth-order valence-corrected chi connectivity index (χ4v) is 2.19. The van der Waals surface area contributed by atoms with E-state index in [9.17, 15) is 4.79 Å². The van der Waals surface area contributed by atoms with E-state index in [1.165, 1.54) is 7.11 Å². The van der Waals surface area contributed by atoms with Crippen LogP contribution in [0.25, 0.3) is 0 Å². The lowest BCUT2D eigenvalue weighted by Gasteiger charge is -2.16. The Labute approximate surface area is 145 Å². The van der Waals surface area contributed by atoms with Gasteiger partial charge in [-0.25, -0.2) is 9.78 Å². The minimum absolute atomic E-state index is 0.206. The molecule has 0 saturated carbocycles. The average molecular weight is 356 g/mol. The molecular weight excluding hydrogens is 337 g/mol. The number of ether oxygens (including phenoxy) is 1. The minimum atomic E-state index is -0.527. The molecule has 0 amide bonds. The number of anilines is 1. The number of allylic oxidation sites excluding steroid dienone is 4. The van der Waals surface area contributed by atoms with Crippen LogP contribution in [0.1, 0.15) is 21.7 Å². The predicted molar refractivity (Wildman–Crippen MR) is 95.0 cm³/mol. The standard InChI is InChI=1S/C16H19Cl2N3O2/c1-5-6-7-11(17)12(19)8-20-14-9(2)15(16(22)23-4)21-10(3)13(14)18/h5-7H,1,8,19H2,2-4H3,(H,20,21)/b7-6-,12-11+. The first-order valence-electron chi connectivity index (χ1n) is 6.75. The Morgan fingerprint density at radius 3 is 2.70 bits per heavy atom. The number of rotatable bonds is 6. The molecule has 23 heavy (non-hydrogen) atoms. The van der Waals surface area contributed by atoms with Crippen LogP contribution in [0, 0.1) is 13.8 Å². The maximum absolute atomic E-state index is 11.8. The highest BCUT2D eigenvalue weighted by Crippen LogP contribution is 2.30. The van der Waals surface area contributed by atoms with Crippen LogP contribution in [0.15, 0.2) is 35.5 Å². The second kappa shape index (κ2) is 8.60. The molecule has 124 valence electrons. The smallest absolute Gasteiger partial charge is 0.357 e. The molecule has 0 spiro atoms. The van der Waals surface area contributed by atoms with E-state index in [4.69, 9.17) is 33.7 Å². The molecule has 0 aromatic carbocycles. The fourth-order valence-electron chi connectivity index (χ4n) is 1.80. The molecule has 0 unspecified atom stereocenters. The SMILES string of the molecule is C=C/C=C\C(Cl)=C(/N)CNc1c(C)c(C(=O)OC)nc(C)c1Cl. The lowest BCUT2D eigenvalue weighted by atomic mass is 10.1. The third-order valence-corrected chi connectivity index (χ3v) is 3.90. The highest BCUT2D eigenvalue weighted by molar-refractivity contribution is 6.34. The van der Waals surface area contributed by atoms with Crippen molar-refractivity contribution in [1.82, 2.24) is 4.98 Å². The zero-order chi connectivity index (χ0) is 17.6. The first-order valence-corrected chi connectivity index (χ1v) is 7.51. The molecule has 1 aromatic heterocycles. The summed E-state index contributed by atoms with van der Waals surface area (Å²) in [5, 5.41) is 3.90. The molecule has 0 saturated heterocycles. The van der Waals surface area contributed by atoms with Crippen LogP contribution in [-0.2, 0) is 4.74 Å². The molecule has 7 heteroatoms. The molecule has 0 aliphatic heterocycles. The summed E-state index contributed by atoms with van der Waals surface area (Å²) < 4.78 is 4.73. The van der Waals surface area contributed by atoms with Crippen LogP contribution in [0.2, 0.25) is 5.02 Å². The van der Waals surface area contributed by atoms with Crippen molar-refractivity contribution in [2.75, 3.05) is 19.0 Å². The van der Waals surface area contributed by atoms with Gasteiger partial charge in [-0.1, -0.05) is 41.9 Å². The number of hydrogen-bond acceptors (Lipinski definition) is 5. The number of nitrogens with one attached hydrogen (secondary N) is 1. The van der Waals surface area contributed by atoms with E-state index in [0.29, 0.717) is 32.7 Å². The number of carbonyl (C=O) groups is 1. The largest absolute Gasteiger partial charge is 0.464 e. The Bertz CT molecular complexity index is 682. The molecule has 0 fully saturated rings. The molecule has 0 aliphatic carbocycles. The van der Waals surface area contributed by atoms with Crippen molar-refractivity contribution in [3.8, 4) is 0 Å². The van der Waals surface area contributed by atoms with Gasteiger partial charge >= 0.3 is 5.97 Å². The van der Waals surface area contributed by atoms with E-state index in [1.807, 2.05) is 0 Å². The Kier molecular flexibility index (Phi) is 7.13. The van der Waals surface area contributed by atoms with Gasteiger partial charge in [0.1, 0.15) is 0 Å². The number of methoxy groups -OCH3 is 1. The highest BCUT2D eigenvalue weighted by atomic mass is 35.5. The molecule has 0 radical (unpaired) electrons. The van der Waals surface area contributed by atoms with E-state index < -0.39 is 5.97 Å². The Hall–Kier alpha value is -1.98. The summed E-state index contributed by atoms with van der Waals surface area (Å²) in [5.74, 6) is -0.527. The maximum Gasteiger partial charge on any atom is 0.357 e. The Balaban J connectivity index is 3.14. The number of nitrogens with zero attached hydrogens (tertiary/aromatic N) is 1. The summed E-state index contributed by atoms with van der Waals surface area (Å²) in [6.07, 6.45) is 4.91. The topological polar surface area (TPSA) is 77.2 Å². The van der Waals surface area contributed by atoms with Gasteiger partial charge in [-0.15, -0.1) is 0 Å². The van der Waals surface area contributed by atoms with Crippen LogP contribution in [0.4, 0.5) is 5.69 Å². The molecule has 1 aromatic rings. The predicted octanol–water partition coefficient (Wildman–Crippen LogP) is 3.70. The second-order valence-corrected chi connectivity index (χ2v) is 5.46. The number of carbonyl (C=O) groups excluding carboxylic acids is 1. The molecule has 1 heterocycles. The maximum atomic E-state index is 11.8. The van der Waals surface area contributed by atoms with Crippen molar-refractivity contribution in [2.45, 2.75) is 13.8 Å². The second-order valence-electron chi connectivity index (χ2n) is 4.67. The summed E-state index contributed by atoms with van der Waals surface area (Å²) in [6.45, 7) is 7.25. The number of hydrogen-bond donors (Lipinski definition) is 2. The lowest BCUT2D eigenvalue weighted by Crippen LogP contribution is -2.16. The van der Waals surface area contributed by atoms with Crippen molar-refractivity contribution in [1.29, 1.82) is 0 Å². The van der Waals surface area contributed by atoms with Crippen LogP contribution in [-0.4, -0.2) is 24.6 Å². The van der Waals surface area contributed by atoms with Gasteiger partial charge in [-0.2, -0.15) is 0 Å². The highest BCUT2D eigenvalue weighted by Gasteiger charge is 2.19. The van der Waals surface area contributed by atoms with Crippen LogP contribution in [0.3, 0.4) is 0 Å². The molecule has 5 nitrogen and oxygen atoms in total. The number of nitrogens with two attached hydrogens (primary N) is 1. The summed E-state index contributed by atoms with van der Waals surface area (Å²) in [4.78, 5) is 16.0. The van der Waals surface area contributed by atoms with Gasteiger partial charge in [-0.05, 0) is 19.9 Å². The van der Waals surface area contributed by atoms with Gasteiger partial charge in [0.2, 0.25) is 0 Å². The van der Waals surface area contributed by atoms with Crippen molar-refractivity contribution in [3.05, 3.63) is 57.5 Å². The summed E-state index contributed by atoms with van der Waals surface area (Å²) in [7, 11) is 1.30. The zero-order valence-electron chi connectivity index (χ0n) is 13.2. The van der Waals surface area contributed by atoms with Gasteiger partial charge in [0.15, 0.2) is 5.69 Å². The van der Waals surface area contributed by atoms with Crippen LogP contribution < -0.4 is 11.1 Å². The summed E-state index contributed by atoms with van der Waals surface area (Å²) in [6, 6.07) is 0. The van der Waals surface area contributed by atoms with Crippen molar-refractivity contribution >= 4 is 34.9 Å². The van der Waals surface area contributed by atoms with Crippen molar-refractivity contribution in [3.63, 3.8) is 0 Å². The Morgan fingerprint density at radius 2 is 2.13 bits per heavy atom. The number of aryl methyl sites for hydroxylation is 1. The number of esters is 1. The normalized spacial score (nSPS) is 12.0. The zero-order valence-corrected chi connectivity index (χ0v) is 14.8. The third-order valence-electron chi connectivity index (χ3n) is 3.07. The molecule has 0 atom stereocenters. The summed E-state index contributed by atoms with van der Waals surface area (Å²) in [5.41, 5.74) is 8.21. The molecular formula is C16H19Cl2N3O2. The van der Waals surface area contributed by atoms with Gasteiger partial charge < -0.3 is 15.8 Å². The molecule has 0 aliphatic rings.